The fourth-order valence-corrected chi connectivity index (χ4v) is 2.62. The Balaban J connectivity index is 2.41. The van der Waals surface area contributed by atoms with Crippen LogP contribution in [0.3, 0.4) is 0 Å². The number of benzene rings is 1. The number of aryl methyl sites for hydroxylation is 1. The Kier molecular flexibility index (Phi) is 5.20. The minimum Gasteiger partial charge on any atom is -0.345 e. The van der Waals surface area contributed by atoms with Gasteiger partial charge in [0.25, 0.3) is 0 Å². The molecule has 0 radical (unpaired) electrons. The number of rotatable bonds is 3. The van der Waals surface area contributed by atoms with Gasteiger partial charge in [0.05, 0.1) is 0 Å². The van der Waals surface area contributed by atoms with Crippen molar-refractivity contribution in [2.45, 2.75) is 26.7 Å². The number of carbonyl (C=O) groups excluding carboxylic acids is 1. The predicted molar refractivity (Wildman–Crippen MR) is 89.4 cm³/mol. The summed E-state index contributed by atoms with van der Waals surface area (Å²) in [5, 5.41) is 29.7. The highest BCUT2D eigenvalue weighted by Crippen LogP contribution is 2.31. The predicted octanol–water partition coefficient (Wildman–Crippen LogP) is 2.86. The van der Waals surface area contributed by atoms with Gasteiger partial charge in [0.15, 0.2) is 5.57 Å². The molecule has 1 aliphatic heterocycles. The van der Waals surface area contributed by atoms with Crippen LogP contribution in [0.15, 0.2) is 29.5 Å². The Morgan fingerprint density at radius 2 is 1.92 bits per heavy atom. The molecule has 0 saturated carbocycles. The first-order valence-corrected chi connectivity index (χ1v) is 7.67. The molecule has 24 heavy (non-hydrogen) atoms. The van der Waals surface area contributed by atoms with Crippen LogP contribution < -0.4 is 10.2 Å². The van der Waals surface area contributed by atoms with Crippen LogP contribution in [0.4, 0.5) is 11.4 Å². The summed E-state index contributed by atoms with van der Waals surface area (Å²) >= 11 is 0. The van der Waals surface area contributed by atoms with Crippen molar-refractivity contribution in [3.8, 4) is 18.2 Å². The lowest BCUT2D eigenvalue weighted by Crippen LogP contribution is -2.38. The lowest BCUT2D eigenvalue weighted by atomic mass is 9.99. The van der Waals surface area contributed by atoms with E-state index >= 15 is 0 Å². The van der Waals surface area contributed by atoms with Gasteiger partial charge in [-0.1, -0.05) is 19.9 Å². The summed E-state index contributed by atoms with van der Waals surface area (Å²) < 4.78 is 0. The minimum atomic E-state index is -0.273. The molecule has 0 bridgehead atoms. The number of allylic oxidation sites excluding steroid dienone is 2. The van der Waals surface area contributed by atoms with Gasteiger partial charge in [-0.15, -0.1) is 0 Å². The summed E-state index contributed by atoms with van der Waals surface area (Å²) in [4.78, 5) is 14.2. The number of amides is 1. The molecule has 1 N–H and O–H groups in total. The van der Waals surface area contributed by atoms with Crippen molar-refractivity contribution in [1.29, 1.82) is 15.8 Å². The van der Waals surface area contributed by atoms with E-state index in [9.17, 15) is 4.79 Å². The minimum absolute atomic E-state index is 0.0545. The number of hydrogen-bond donors (Lipinski definition) is 1. The SMILES string of the molecule is CC(C)C(=O)N1CCCc2ccc(NC(C#N)=C(C#N)C#N)cc21. The summed E-state index contributed by atoms with van der Waals surface area (Å²) in [6.07, 6.45) is 1.80. The Hall–Kier alpha value is -3.30. The number of nitrogens with one attached hydrogen (secondary N) is 1. The van der Waals surface area contributed by atoms with Crippen molar-refractivity contribution >= 4 is 17.3 Å². The molecule has 0 spiro atoms. The van der Waals surface area contributed by atoms with E-state index in [4.69, 9.17) is 15.8 Å². The third kappa shape index (κ3) is 3.37. The molecular weight excluding hydrogens is 302 g/mol. The molecule has 1 amide bonds. The molecule has 0 atom stereocenters. The van der Waals surface area contributed by atoms with E-state index in [0.717, 1.165) is 24.1 Å². The number of fused-ring (bicyclic) bond motifs is 1. The molecule has 6 nitrogen and oxygen atoms in total. The number of carbonyl (C=O) groups is 1. The van der Waals surface area contributed by atoms with Crippen molar-refractivity contribution in [2.24, 2.45) is 5.92 Å². The highest BCUT2D eigenvalue weighted by atomic mass is 16.2. The van der Waals surface area contributed by atoms with E-state index in [1.54, 1.807) is 29.2 Å². The van der Waals surface area contributed by atoms with E-state index in [-0.39, 0.29) is 23.1 Å². The van der Waals surface area contributed by atoms with Crippen molar-refractivity contribution in [3.05, 3.63) is 35.0 Å². The first-order chi connectivity index (χ1) is 11.5. The molecule has 0 aromatic heterocycles. The second-order valence-corrected chi connectivity index (χ2v) is 5.80. The summed E-state index contributed by atoms with van der Waals surface area (Å²) in [5.74, 6) is -0.0511. The summed E-state index contributed by atoms with van der Waals surface area (Å²) in [7, 11) is 0. The van der Waals surface area contributed by atoms with Crippen LogP contribution in [0.5, 0.6) is 0 Å². The number of nitriles is 3. The molecule has 1 heterocycles. The number of nitrogens with zero attached hydrogens (tertiary/aromatic N) is 4. The third-order valence-corrected chi connectivity index (χ3v) is 3.82. The molecule has 0 aliphatic carbocycles. The maximum atomic E-state index is 12.4. The summed E-state index contributed by atoms with van der Waals surface area (Å²) in [5.41, 5.74) is 2.08. The molecule has 2 rings (SSSR count). The average molecular weight is 319 g/mol. The summed E-state index contributed by atoms with van der Waals surface area (Å²) in [6.45, 7) is 4.39. The molecule has 6 heteroatoms. The average Bonchev–Trinajstić information content (AvgIpc) is 2.60. The quantitative estimate of drug-likeness (QED) is 0.863. The fourth-order valence-electron chi connectivity index (χ4n) is 2.62. The third-order valence-electron chi connectivity index (χ3n) is 3.82. The highest BCUT2D eigenvalue weighted by molar-refractivity contribution is 5.96. The van der Waals surface area contributed by atoms with E-state index in [0.29, 0.717) is 12.2 Å². The van der Waals surface area contributed by atoms with Gasteiger partial charge in [-0.05, 0) is 30.5 Å². The van der Waals surface area contributed by atoms with Crippen LogP contribution in [0.1, 0.15) is 25.8 Å². The Bertz CT molecular complexity index is 801. The van der Waals surface area contributed by atoms with Crippen LogP contribution in [0.25, 0.3) is 0 Å². The van der Waals surface area contributed by atoms with E-state index in [2.05, 4.69) is 5.32 Å². The number of hydrogen-bond acceptors (Lipinski definition) is 5. The lowest BCUT2D eigenvalue weighted by molar-refractivity contribution is -0.121. The Labute approximate surface area is 141 Å². The first kappa shape index (κ1) is 17.1. The van der Waals surface area contributed by atoms with Gasteiger partial charge < -0.3 is 10.2 Å². The van der Waals surface area contributed by atoms with Crippen molar-refractivity contribution in [3.63, 3.8) is 0 Å². The molecule has 1 aromatic rings. The molecule has 0 unspecified atom stereocenters. The normalized spacial score (nSPS) is 12.4. The molecule has 1 aliphatic rings. The largest absolute Gasteiger partial charge is 0.345 e. The van der Waals surface area contributed by atoms with Crippen LogP contribution in [0, 0.1) is 39.9 Å². The second kappa shape index (κ2) is 7.31. The lowest BCUT2D eigenvalue weighted by Gasteiger charge is -2.31. The van der Waals surface area contributed by atoms with Crippen molar-refractivity contribution < 1.29 is 4.79 Å². The second-order valence-electron chi connectivity index (χ2n) is 5.80. The van der Waals surface area contributed by atoms with Crippen LogP contribution in [-0.4, -0.2) is 12.5 Å². The van der Waals surface area contributed by atoms with Gasteiger partial charge in [-0.25, -0.2) is 0 Å². The van der Waals surface area contributed by atoms with Gasteiger partial charge in [-0.2, -0.15) is 15.8 Å². The van der Waals surface area contributed by atoms with Crippen LogP contribution in [0.2, 0.25) is 0 Å². The highest BCUT2D eigenvalue weighted by Gasteiger charge is 2.24. The molecule has 0 fully saturated rings. The van der Waals surface area contributed by atoms with E-state index < -0.39 is 0 Å². The fraction of sp³-hybridized carbons (Fsp3) is 0.333. The van der Waals surface area contributed by atoms with E-state index in [1.165, 1.54) is 0 Å². The molecule has 0 saturated heterocycles. The van der Waals surface area contributed by atoms with Gasteiger partial charge in [0.2, 0.25) is 5.91 Å². The van der Waals surface area contributed by atoms with Gasteiger partial charge in [0, 0.05) is 23.8 Å². The first-order valence-electron chi connectivity index (χ1n) is 7.67. The number of anilines is 2. The topological polar surface area (TPSA) is 104 Å². The molecular formula is C18H17N5O. The van der Waals surface area contributed by atoms with Gasteiger partial charge in [0.1, 0.15) is 23.9 Å². The molecule has 1 aromatic carbocycles. The summed E-state index contributed by atoms with van der Waals surface area (Å²) in [6, 6.07) is 10.7. The van der Waals surface area contributed by atoms with Crippen LogP contribution in [-0.2, 0) is 11.2 Å². The smallest absolute Gasteiger partial charge is 0.229 e. The zero-order valence-corrected chi connectivity index (χ0v) is 13.6. The standard InChI is InChI=1S/C18H17N5O/c1-12(2)18(24)23-7-3-4-13-5-6-15(8-17(13)23)22-16(11-21)14(9-19)10-20/h5-6,8,12,22H,3-4,7H2,1-2H3. The Morgan fingerprint density at radius 1 is 1.21 bits per heavy atom. The van der Waals surface area contributed by atoms with Gasteiger partial charge >= 0.3 is 0 Å². The molecule has 120 valence electrons. The monoisotopic (exact) mass is 319 g/mol. The zero-order chi connectivity index (χ0) is 17.7. The van der Waals surface area contributed by atoms with Crippen molar-refractivity contribution in [2.75, 3.05) is 16.8 Å². The maximum Gasteiger partial charge on any atom is 0.229 e. The maximum absolute atomic E-state index is 12.4. The Morgan fingerprint density at radius 3 is 2.50 bits per heavy atom. The van der Waals surface area contributed by atoms with Crippen LogP contribution >= 0.6 is 0 Å². The van der Waals surface area contributed by atoms with Crippen molar-refractivity contribution in [1.82, 2.24) is 0 Å². The van der Waals surface area contributed by atoms with Gasteiger partial charge in [-0.3, -0.25) is 4.79 Å². The van der Waals surface area contributed by atoms with E-state index in [1.807, 2.05) is 26.0 Å². The zero-order valence-electron chi connectivity index (χ0n) is 13.6.